The van der Waals surface area contributed by atoms with Crippen molar-refractivity contribution in [2.45, 2.75) is 40.0 Å². The molecular formula is C21H26N2O3. The lowest BCUT2D eigenvalue weighted by Crippen LogP contribution is -2.14. The molecule has 0 radical (unpaired) electrons. The summed E-state index contributed by atoms with van der Waals surface area (Å²) >= 11 is 0. The molecule has 0 aromatic heterocycles. The first-order valence-electron chi connectivity index (χ1n) is 8.80. The number of hydrogen-bond acceptors (Lipinski definition) is 3. The van der Waals surface area contributed by atoms with E-state index in [0.29, 0.717) is 29.1 Å². The average molecular weight is 354 g/mol. The second-order valence-electron chi connectivity index (χ2n) is 6.40. The zero-order valence-electron chi connectivity index (χ0n) is 15.8. The van der Waals surface area contributed by atoms with Crippen molar-refractivity contribution in [2.24, 2.45) is 0 Å². The van der Waals surface area contributed by atoms with Crippen molar-refractivity contribution >= 4 is 23.2 Å². The number of benzene rings is 2. The van der Waals surface area contributed by atoms with E-state index in [1.807, 2.05) is 39.0 Å². The van der Waals surface area contributed by atoms with Gasteiger partial charge in [0, 0.05) is 23.7 Å². The molecule has 5 nitrogen and oxygen atoms in total. The van der Waals surface area contributed by atoms with Crippen molar-refractivity contribution in [2.75, 3.05) is 17.7 Å². The van der Waals surface area contributed by atoms with Crippen molar-refractivity contribution in [3.05, 3.63) is 53.1 Å². The van der Waals surface area contributed by atoms with Gasteiger partial charge in [0.15, 0.2) is 0 Å². The molecule has 0 saturated carbocycles. The number of amides is 2. The number of nitrogens with one attached hydrogen (secondary N) is 2. The monoisotopic (exact) mass is 354 g/mol. The Labute approximate surface area is 154 Å². The predicted octanol–water partition coefficient (Wildman–Crippen LogP) is 4.69. The topological polar surface area (TPSA) is 67.4 Å². The van der Waals surface area contributed by atoms with E-state index in [1.54, 1.807) is 18.2 Å². The summed E-state index contributed by atoms with van der Waals surface area (Å²) in [5.41, 5.74) is 3.89. The highest BCUT2D eigenvalue weighted by Gasteiger charge is 2.11. The molecule has 2 amide bonds. The Morgan fingerprint density at radius 2 is 1.69 bits per heavy atom. The van der Waals surface area contributed by atoms with Gasteiger partial charge in [-0.2, -0.15) is 0 Å². The van der Waals surface area contributed by atoms with Crippen LogP contribution in [0.1, 0.15) is 47.7 Å². The summed E-state index contributed by atoms with van der Waals surface area (Å²) in [6, 6.07) is 10.9. The van der Waals surface area contributed by atoms with E-state index in [1.165, 1.54) is 7.11 Å². The second kappa shape index (κ2) is 9.04. The van der Waals surface area contributed by atoms with Crippen molar-refractivity contribution in [3.63, 3.8) is 0 Å². The Morgan fingerprint density at radius 1 is 1.00 bits per heavy atom. The Bertz CT molecular complexity index is 780. The van der Waals surface area contributed by atoms with Crippen LogP contribution in [0.15, 0.2) is 36.4 Å². The lowest BCUT2D eigenvalue weighted by atomic mass is 10.1. The van der Waals surface area contributed by atoms with Gasteiger partial charge in [-0.25, -0.2) is 0 Å². The molecule has 0 atom stereocenters. The van der Waals surface area contributed by atoms with Crippen LogP contribution in [-0.4, -0.2) is 18.9 Å². The molecule has 26 heavy (non-hydrogen) atoms. The van der Waals surface area contributed by atoms with E-state index in [-0.39, 0.29) is 11.8 Å². The van der Waals surface area contributed by atoms with Gasteiger partial charge in [0.1, 0.15) is 5.75 Å². The standard InChI is InChI=1S/C21H26N2O3/c1-5-6-7-20(24)23-18-9-8-17(13-19(18)26-4)22-21(25)16-11-14(2)10-15(3)12-16/h8-13H,5-7H2,1-4H3,(H,22,25)(H,23,24). The summed E-state index contributed by atoms with van der Waals surface area (Å²) < 4.78 is 5.35. The fourth-order valence-corrected chi connectivity index (χ4v) is 2.73. The highest BCUT2D eigenvalue weighted by molar-refractivity contribution is 6.05. The molecule has 5 heteroatoms. The zero-order chi connectivity index (χ0) is 19.1. The van der Waals surface area contributed by atoms with Crippen LogP contribution in [0, 0.1) is 13.8 Å². The van der Waals surface area contributed by atoms with Crippen LogP contribution in [0.2, 0.25) is 0 Å². The number of unbranched alkanes of at least 4 members (excludes halogenated alkanes) is 1. The number of anilines is 2. The molecule has 0 aliphatic heterocycles. The van der Waals surface area contributed by atoms with Crippen molar-refractivity contribution in [1.82, 2.24) is 0 Å². The zero-order valence-corrected chi connectivity index (χ0v) is 15.8. The Morgan fingerprint density at radius 3 is 2.31 bits per heavy atom. The van der Waals surface area contributed by atoms with Gasteiger partial charge in [0.2, 0.25) is 5.91 Å². The van der Waals surface area contributed by atoms with E-state index in [9.17, 15) is 9.59 Å². The van der Waals surface area contributed by atoms with Gasteiger partial charge >= 0.3 is 0 Å². The molecule has 0 saturated heterocycles. The van der Waals surface area contributed by atoms with E-state index in [4.69, 9.17) is 4.74 Å². The molecule has 2 N–H and O–H groups in total. The Balaban J connectivity index is 2.13. The fourth-order valence-electron chi connectivity index (χ4n) is 2.73. The first-order valence-corrected chi connectivity index (χ1v) is 8.80. The van der Waals surface area contributed by atoms with Gasteiger partial charge in [0.25, 0.3) is 5.91 Å². The second-order valence-corrected chi connectivity index (χ2v) is 6.40. The lowest BCUT2D eigenvalue weighted by Gasteiger charge is -2.13. The van der Waals surface area contributed by atoms with Crippen LogP contribution in [0.5, 0.6) is 5.75 Å². The highest BCUT2D eigenvalue weighted by atomic mass is 16.5. The van der Waals surface area contributed by atoms with Gasteiger partial charge < -0.3 is 15.4 Å². The first-order chi connectivity index (χ1) is 12.4. The van der Waals surface area contributed by atoms with Crippen LogP contribution in [-0.2, 0) is 4.79 Å². The minimum Gasteiger partial charge on any atom is -0.494 e. The number of methoxy groups -OCH3 is 1. The summed E-state index contributed by atoms with van der Waals surface area (Å²) in [5.74, 6) is 0.281. The summed E-state index contributed by atoms with van der Waals surface area (Å²) in [7, 11) is 1.53. The maximum atomic E-state index is 12.5. The first kappa shape index (κ1) is 19.5. The minimum absolute atomic E-state index is 0.0443. The number of ether oxygens (including phenoxy) is 1. The molecule has 0 fully saturated rings. The maximum Gasteiger partial charge on any atom is 0.255 e. The quantitative estimate of drug-likeness (QED) is 0.758. The number of carbonyl (C=O) groups is 2. The Hall–Kier alpha value is -2.82. The summed E-state index contributed by atoms with van der Waals surface area (Å²) in [6.45, 7) is 5.96. The average Bonchev–Trinajstić information content (AvgIpc) is 2.60. The molecule has 138 valence electrons. The third-order valence-corrected chi connectivity index (χ3v) is 3.97. The normalized spacial score (nSPS) is 10.3. The van der Waals surface area contributed by atoms with E-state index in [0.717, 1.165) is 24.0 Å². The fraction of sp³-hybridized carbons (Fsp3) is 0.333. The van der Waals surface area contributed by atoms with Gasteiger partial charge in [-0.1, -0.05) is 30.5 Å². The molecule has 2 aromatic rings. The van der Waals surface area contributed by atoms with Crippen molar-refractivity contribution in [1.29, 1.82) is 0 Å². The molecule has 0 unspecified atom stereocenters. The third kappa shape index (κ3) is 5.34. The molecular weight excluding hydrogens is 328 g/mol. The smallest absolute Gasteiger partial charge is 0.255 e. The van der Waals surface area contributed by atoms with Crippen LogP contribution in [0.3, 0.4) is 0 Å². The van der Waals surface area contributed by atoms with Crippen LogP contribution in [0.4, 0.5) is 11.4 Å². The molecule has 2 rings (SSSR count). The molecule has 0 aliphatic carbocycles. The van der Waals surface area contributed by atoms with Gasteiger partial charge in [-0.05, 0) is 44.5 Å². The molecule has 0 spiro atoms. The molecule has 0 aliphatic rings. The van der Waals surface area contributed by atoms with Gasteiger partial charge in [-0.15, -0.1) is 0 Å². The van der Waals surface area contributed by atoms with Gasteiger partial charge in [-0.3, -0.25) is 9.59 Å². The number of aryl methyl sites for hydroxylation is 2. The molecule has 2 aromatic carbocycles. The minimum atomic E-state index is -0.182. The van der Waals surface area contributed by atoms with Crippen LogP contribution in [0.25, 0.3) is 0 Å². The summed E-state index contributed by atoms with van der Waals surface area (Å²) in [4.78, 5) is 24.4. The number of hydrogen-bond donors (Lipinski definition) is 2. The summed E-state index contributed by atoms with van der Waals surface area (Å²) in [6.07, 6.45) is 2.29. The maximum absolute atomic E-state index is 12.5. The molecule has 0 heterocycles. The van der Waals surface area contributed by atoms with Crippen molar-refractivity contribution in [3.8, 4) is 5.75 Å². The third-order valence-electron chi connectivity index (χ3n) is 3.97. The SMILES string of the molecule is CCCCC(=O)Nc1ccc(NC(=O)c2cc(C)cc(C)c2)cc1OC. The number of rotatable bonds is 7. The van der Waals surface area contributed by atoms with E-state index >= 15 is 0 Å². The highest BCUT2D eigenvalue weighted by Crippen LogP contribution is 2.28. The van der Waals surface area contributed by atoms with Gasteiger partial charge in [0.05, 0.1) is 12.8 Å². The summed E-state index contributed by atoms with van der Waals surface area (Å²) in [5, 5.41) is 5.72. The van der Waals surface area contributed by atoms with Crippen LogP contribution >= 0.6 is 0 Å². The van der Waals surface area contributed by atoms with Crippen LogP contribution < -0.4 is 15.4 Å². The lowest BCUT2D eigenvalue weighted by molar-refractivity contribution is -0.116. The van der Waals surface area contributed by atoms with E-state index < -0.39 is 0 Å². The van der Waals surface area contributed by atoms with E-state index in [2.05, 4.69) is 10.6 Å². The largest absolute Gasteiger partial charge is 0.494 e. The Kier molecular flexibility index (Phi) is 6.78. The predicted molar refractivity (Wildman–Crippen MR) is 105 cm³/mol. The molecule has 0 bridgehead atoms. The number of carbonyl (C=O) groups excluding carboxylic acids is 2. The van der Waals surface area contributed by atoms with Crippen molar-refractivity contribution < 1.29 is 14.3 Å².